The van der Waals surface area contributed by atoms with Gasteiger partial charge in [0.2, 0.25) is 0 Å². The molecule has 2 aromatic rings. The topological polar surface area (TPSA) is 52.0 Å². The van der Waals surface area contributed by atoms with Crippen molar-refractivity contribution in [3.8, 4) is 11.1 Å². The second-order valence-electron chi connectivity index (χ2n) is 5.59. The predicted molar refractivity (Wildman–Crippen MR) is 74.7 cm³/mol. The summed E-state index contributed by atoms with van der Waals surface area (Å²) in [4.78, 5) is 0. The molecule has 114 valence electrons. The number of hydrogen-bond acceptors (Lipinski definition) is 3. The normalized spacial score (nSPS) is 12.7. The van der Waals surface area contributed by atoms with Gasteiger partial charge in [0.15, 0.2) is 11.6 Å². The zero-order valence-corrected chi connectivity index (χ0v) is 12.1. The van der Waals surface area contributed by atoms with E-state index in [0.29, 0.717) is 16.9 Å². The summed E-state index contributed by atoms with van der Waals surface area (Å²) in [6.45, 7) is 5.84. The summed E-state index contributed by atoms with van der Waals surface area (Å²) in [6, 6.07) is 5.02. The van der Waals surface area contributed by atoms with E-state index in [1.54, 1.807) is 6.07 Å². The van der Waals surface area contributed by atoms with Crippen LogP contribution in [-0.2, 0) is 11.6 Å². The molecular formula is C15H17F3N2O. The lowest BCUT2D eigenvalue weighted by Crippen LogP contribution is -2.15. The maximum absolute atomic E-state index is 12.8. The number of nitrogens with two attached hydrogens (primary N) is 1. The Kier molecular flexibility index (Phi) is 3.74. The minimum absolute atomic E-state index is 0.103. The van der Waals surface area contributed by atoms with Crippen LogP contribution in [0.5, 0.6) is 0 Å². The number of aromatic nitrogens is 1. The van der Waals surface area contributed by atoms with E-state index in [2.05, 4.69) is 5.16 Å². The summed E-state index contributed by atoms with van der Waals surface area (Å²) in [5.74, 6) is 0.604. The van der Waals surface area contributed by atoms with Crippen LogP contribution >= 0.6 is 0 Å². The van der Waals surface area contributed by atoms with Crippen molar-refractivity contribution in [1.29, 1.82) is 0 Å². The Bertz CT molecular complexity index is 645. The first-order valence-corrected chi connectivity index (χ1v) is 6.60. The maximum atomic E-state index is 12.8. The van der Waals surface area contributed by atoms with Crippen molar-refractivity contribution in [3.63, 3.8) is 0 Å². The second-order valence-corrected chi connectivity index (χ2v) is 5.59. The van der Waals surface area contributed by atoms with E-state index in [0.717, 1.165) is 18.6 Å². The highest BCUT2D eigenvalue weighted by atomic mass is 19.4. The molecule has 1 heterocycles. The maximum Gasteiger partial charge on any atom is 0.416 e. The Hall–Kier alpha value is -1.98. The van der Waals surface area contributed by atoms with E-state index in [9.17, 15) is 13.2 Å². The molecule has 6 heteroatoms. The van der Waals surface area contributed by atoms with Crippen LogP contribution in [0.3, 0.4) is 0 Å². The standard InChI is InChI=1S/C15H17F3N2O/c1-4-14(2,3)12-11(13(19)20-21-12)9-6-5-7-10(8-9)15(16,17)18/h5-8H,4H2,1-3H3,(H2,19,20). The zero-order chi connectivity index (χ0) is 15.8. The SMILES string of the molecule is CCC(C)(C)c1onc(N)c1-c1cccc(C(F)(F)F)c1. The molecular weight excluding hydrogens is 281 g/mol. The van der Waals surface area contributed by atoms with Crippen molar-refractivity contribution in [2.45, 2.75) is 38.8 Å². The summed E-state index contributed by atoms with van der Waals surface area (Å²) in [7, 11) is 0. The molecule has 0 radical (unpaired) electrons. The number of nitrogens with zero attached hydrogens (tertiary/aromatic N) is 1. The van der Waals surface area contributed by atoms with Crippen LogP contribution < -0.4 is 5.73 Å². The Labute approximate surface area is 120 Å². The minimum Gasteiger partial charge on any atom is -0.380 e. The molecule has 0 aliphatic carbocycles. The molecule has 1 aromatic carbocycles. The molecule has 0 saturated carbocycles. The van der Waals surface area contributed by atoms with Gasteiger partial charge in [-0.1, -0.05) is 38.1 Å². The minimum atomic E-state index is -4.40. The van der Waals surface area contributed by atoms with Crippen LogP contribution in [0.1, 0.15) is 38.5 Å². The highest BCUT2D eigenvalue weighted by Gasteiger charge is 2.33. The third-order valence-corrected chi connectivity index (χ3v) is 3.70. The van der Waals surface area contributed by atoms with E-state index < -0.39 is 11.7 Å². The monoisotopic (exact) mass is 298 g/mol. The summed E-state index contributed by atoms with van der Waals surface area (Å²) in [5.41, 5.74) is 5.51. The molecule has 0 saturated heterocycles. The quantitative estimate of drug-likeness (QED) is 0.898. The summed E-state index contributed by atoms with van der Waals surface area (Å²) in [5, 5.41) is 3.72. The average Bonchev–Trinajstić information content (AvgIpc) is 2.80. The number of nitrogen functional groups attached to an aromatic ring is 1. The number of hydrogen-bond donors (Lipinski definition) is 1. The molecule has 2 N–H and O–H groups in total. The fourth-order valence-electron chi connectivity index (χ4n) is 2.05. The van der Waals surface area contributed by atoms with Gasteiger partial charge in [-0.15, -0.1) is 0 Å². The fourth-order valence-corrected chi connectivity index (χ4v) is 2.05. The van der Waals surface area contributed by atoms with Crippen molar-refractivity contribution in [3.05, 3.63) is 35.6 Å². The van der Waals surface area contributed by atoms with Gasteiger partial charge in [0.05, 0.1) is 11.1 Å². The third kappa shape index (κ3) is 2.89. The number of alkyl halides is 3. The number of benzene rings is 1. The smallest absolute Gasteiger partial charge is 0.380 e. The molecule has 0 amide bonds. The van der Waals surface area contributed by atoms with Gasteiger partial charge < -0.3 is 10.3 Å². The molecule has 0 spiro atoms. The van der Waals surface area contributed by atoms with Crippen molar-refractivity contribution in [1.82, 2.24) is 5.16 Å². The predicted octanol–water partition coefficient (Wildman–Crippen LogP) is 4.63. The van der Waals surface area contributed by atoms with Gasteiger partial charge in [0.1, 0.15) is 0 Å². The van der Waals surface area contributed by atoms with E-state index in [1.165, 1.54) is 6.07 Å². The molecule has 2 rings (SSSR count). The fraction of sp³-hybridized carbons (Fsp3) is 0.400. The molecule has 0 aliphatic heterocycles. The van der Waals surface area contributed by atoms with Gasteiger partial charge in [0.25, 0.3) is 0 Å². The van der Waals surface area contributed by atoms with Crippen molar-refractivity contribution in [2.75, 3.05) is 5.73 Å². The summed E-state index contributed by atoms with van der Waals surface area (Å²) >= 11 is 0. The Morgan fingerprint density at radius 3 is 2.48 bits per heavy atom. The van der Waals surface area contributed by atoms with Crippen LogP contribution in [-0.4, -0.2) is 5.16 Å². The second kappa shape index (κ2) is 5.09. The molecule has 0 atom stereocenters. The van der Waals surface area contributed by atoms with Gasteiger partial charge in [-0.05, 0) is 24.1 Å². The molecule has 3 nitrogen and oxygen atoms in total. The van der Waals surface area contributed by atoms with Crippen LogP contribution in [0.4, 0.5) is 19.0 Å². The van der Waals surface area contributed by atoms with Gasteiger partial charge in [-0.2, -0.15) is 13.2 Å². The first-order valence-electron chi connectivity index (χ1n) is 6.60. The van der Waals surface area contributed by atoms with Gasteiger partial charge >= 0.3 is 6.18 Å². The van der Waals surface area contributed by atoms with Gasteiger partial charge in [0, 0.05) is 5.41 Å². The van der Waals surface area contributed by atoms with Gasteiger partial charge in [-0.25, -0.2) is 0 Å². The average molecular weight is 298 g/mol. The molecule has 0 bridgehead atoms. The molecule has 0 aliphatic rings. The van der Waals surface area contributed by atoms with Gasteiger partial charge in [-0.3, -0.25) is 0 Å². The lowest BCUT2D eigenvalue weighted by atomic mass is 9.83. The molecule has 0 fully saturated rings. The lowest BCUT2D eigenvalue weighted by molar-refractivity contribution is -0.137. The Morgan fingerprint density at radius 2 is 1.90 bits per heavy atom. The van der Waals surface area contributed by atoms with Crippen molar-refractivity contribution >= 4 is 5.82 Å². The highest BCUT2D eigenvalue weighted by molar-refractivity contribution is 5.76. The van der Waals surface area contributed by atoms with E-state index >= 15 is 0 Å². The lowest BCUT2D eigenvalue weighted by Gasteiger charge is -2.20. The van der Waals surface area contributed by atoms with Crippen molar-refractivity contribution in [2.24, 2.45) is 0 Å². The largest absolute Gasteiger partial charge is 0.416 e. The number of rotatable bonds is 3. The Morgan fingerprint density at radius 1 is 1.24 bits per heavy atom. The van der Waals surface area contributed by atoms with E-state index in [1.807, 2.05) is 20.8 Å². The summed E-state index contributed by atoms with van der Waals surface area (Å²) in [6.07, 6.45) is -3.66. The Balaban J connectivity index is 2.61. The van der Waals surface area contributed by atoms with E-state index in [4.69, 9.17) is 10.3 Å². The van der Waals surface area contributed by atoms with Crippen LogP contribution in [0.2, 0.25) is 0 Å². The van der Waals surface area contributed by atoms with Crippen LogP contribution in [0.15, 0.2) is 28.8 Å². The van der Waals surface area contributed by atoms with E-state index in [-0.39, 0.29) is 11.2 Å². The van der Waals surface area contributed by atoms with Crippen molar-refractivity contribution < 1.29 is 17.7 Å². The molecule has 21 heavy (non-hydrogen) atoms. The third-order valence-electron chi connectivity index (χ3n) is 3.70. The highest BCUT2D eigenvalue weighted by Crippen LogP contribution is 2.40. The van der Waals surface area contributed by atoms with Crippen LogP contribution in [0.25, 0.3) is 11.1 Å². The zero-order valence-electron chi connectivity index (χ0n) is 12.1. The first kappa shape index (κ1) is 15.4. The molecule has 1 aromatic heterocycles. The molecule has 0 unspecified atom stereocenters. The van der Waals surface area contributed by atoms with Crippen LogP contribution in [0, 0.1) is 0 Å². The number of anilines is 1. The summed E-state index contributed by atoms with van der Waals surface area (Å²) < 4.78 is 43.8. The number of halogens is 3. The first-order chi connectivity index (χ1) is 9.66.